The predicted octanol–water partition coefficient (Wildman–Crippen LogP) is 3.40. The molecule has 0 atom stereocenters. The highest BCUT2D eigenvalue weighted by atomic mass is 14.0. The first-order chi connectivity index (χ1) is 5.34. The molecule has 0 heteroatoms. The third-order valence-electron chi connectivity index (χ3n) is 1.81. The molecule has 0 bridgehead atoms. The minimum Gasteiger partial charge on any atom is -0.0874 e. The summed E-state index contributed by atoms with van der Waals surface area (Å²) in [6, 6.07) is 0. The van der Waals surface area contributed by atoms with Crippen molar-refractivity contribution in [1.82, 2.24) is 0 Å². The summed E-state index contributed by atoms with van der Waals surface area (Å²) in [5.74, 6) is 0. The summed E-state index contributed by atoms with van der Waals surface area (Å²) in [6.45, 7) is 4.20. The average Bonchev–Trinajstić information content (AvgIpc) is 2.07. The maximum atomic E-state index is 2.18. The summed E-state index contributed by atoms with van der Waals surface area (Å²) < 4.78 is 0. The van der Waals surface area contributed by atoms with E-state index >= 15 is 0 Å². The number of allylic oxidation sites excluding steroid dienone is 8. The van der Waals surface area contributed by atoms with E-state index in [1.807, 2.05) is 6.92 Å². The van der Waals surface area contributed by atoms with Gasteiger partial charge in [0.15, 0.2) is 0 Å². The molecule has 0 N–H and O–H groups in total. The monoisotopic (exact) mass is 146 g/mol. The molecule has 0 amide bonds. The van der Waals surface area contributed by atoms with Crippen LogP contribution in [0.3, 0.4) is 0 Å². The van der Waals surface area contributed by atoms with Crippen molar-refractivity contribution in [3.63, 3.8) is 0 Å². The highest BCUT2D eigenvalue weighted by Gasteiger charge is 1.95. The lowest BCUT2D eigenvalue weighted by Crippen LogP contribution is -1.84. The van der Waals surface area contributed by atoms with Crippen molar-refractivity contribution >= 4 is 0 Å². The van der Waals surface area contributed by atoms with Gasteiger partial charge in [-0.2, -0.15) is 0 Å². The van der Waals surface area contributed by atoms with Crippen LogP contribution in [0.4, 0.5) is 0 Å². The lowest BCUT2D eigenvalue weighted by molar-refractivity contribution is 1.21. The topological polar surface area (TPSA) is 0 Å². The second-order valence-corrected chi connectivity index (χ2v) is 2.70. The van der Waals surface area contributed by atoms with Crippen LogP contribution < -0.4 is 0 Å². The van der Waals surface area contributed by atoms with Crippen LogP contribution in [0.2, 0.25) is 0 Å². The molecule has 58 valence electrons. The molecule has 0 spiro atoms. The Hall–Kier alpha value is -1.04. The van der Waals surface area contributed by atoms with Crippen LogP contribution >= 0.6 is 0 Å². The molecule has 0 fully saturated rings. The SMILES string of the molecule is C/C=C\C(C)=C1\C=CC=CC1. The van der Waals surface area contributed by atoms with E-state index in [4.69, 9.17) is 0 Å². The summed E-state index contributed by atoms with van der Waals surface area (Å²) in [6.07, 6.45) is 13.8. The summed E-state index contributed by atoms with van der Waals surface area (Å²) in [4.78, 5) is 0. The molecule has 0 nitrogen and oxygen atoms in total. The molecule has 0 saturated heterocycles. The quantitative estimate of drug-likeness (QED) is 0.532. The molecule has 0 aromatic carbocycles. The molecule has 1 rings (SSSR count). The van der Waals surface area contributed by atoms with Crippen molar-refractivity contribution in [2.24, 2.45) is 0 Å². The Bertz CT molecular complexity index is 237. The van der Waals surface area contributed by atoms with Gasteiger partial charge in [-0.1, -0.05) is 36.5 Å². The fourth-order valence-electron chi connectivity index (χ4n) is 1.16. The Balaban J connectivity index is 2.79. The fourth-order valence-corrected chi connectivity index (χ4v) is 1.16. The first kappa shape index (κ1) is 8.06. The van der Waals surface area contributed by atoms with E-state index in [-0.39, 0.29) is 0 Å². The molecule has 0 heterocycles. The second-order valence-electron chi connectivity index (χ2n) is 2.70. The van der Waals surface area contributed by atoms with E-state index in [2.05, 4.69) is 43.4 Å². The van der Waals surface area contributed by atoms with Crippen molar-refractivity contribution in [2.75, 3.05) is 0 Å². The van der Waals surface area contributed by atoms with E-state index in [1.165, 1.54) is 11.1 Å². The third kappa shape index (κ3) is 2.23. The van der Waals surface area contributed by atoms with Gasteiger partial charge in [-0.05, 0) is 31.4 Å². The van der Waals surface area contributed by atoms with Gasteiger partial charge in [0, 0.05) is 0 Å². The molecular weight excluding hydrogens is 132 g/mol. The van der Waals surface area contributed by atoms with Crippen LogP contribution in [0, 0.1) is 0 Å². The van der Waals surface area contributed by atoms with Gasteiger partial charge in [-0.15, -0.1) is 0 Å². The van der Waals surface area contributed by atoms with Crippen LogP contribution in [0.25, 0.3) is 0 Å². The van der Waals surface area contributed by atoms with Crippen molar-refractivity contribution in [3.05, 3.63) is 47.6 Å². The van der Waals surface area contributed by atoms with Gasteiger partial charge in [0.05, 0.1) is 0 Å². The standard InChI is InChI=1S/C11H14/c1-3-7-10(2)11-8-5-4-6-9-11/h3-8H,9H2,1-2H3/b7-3-,11-10-. The average molecular weight is 146 g/mol. The van der Waals surface area contributed by atoms with Gasteiger partial charge < -0.3 is 0 Å². The smallest absolute Gasteiger partial charge is 0.00917 e. The highest BCUT2D eigenvalue weighted by Crippen LogP contribution is 2.15. The second kappa shape index (κ2) is 3.97. The van der Waals surface area contributed by atoms with E-state index in [1.54, 1.807) is 0 Å². The molecule has 0 aliphatic heterocycles. The largest absolute Gasteiger partial charge is 0.0874 e. The normalized spacial score (nSPS) is 21.3. The van der Waals surface area contributed by atoms with Crippen molar-refractivity contribution in [2.45, 2.75) is 20.3 Å². The van der Waals surface area contributed by atoms with E-state index in [0.717, 1.165) is 6.42 Å². The van der Waals surface area contributed by atoms with Crippen LogP contribution in [0.5, 0.6) is 0 Å². The molecule has 11 heavy (non-hydrogen) atoms. The van der Waals surface area contributed by atoms with E-state index in [9.17, 15) is 0 Å². The molecule has 0 aromatic heterocycles. The predicted molar refractivity (Wildman–Crippen MR) is 50.4 cm³/mol. The van der Waals surface area contributed by atoms with Gasteiger partial charge >= 0.3 is 0 Å². The van der Waals surface area contributed by atoms with Crippen LogP contribution in [-0.4, -0.2) is 0 Å². The summed E-state index contributed by atoms with van der Waals surface area (Å²) in [5, 5.41) is 0. The summed E-state index contributed by atoms with van der Waals surface area (Å²) in [5.41, 5.74) is 2.79. The lowest BCUT2D eigenvalue weighted by atomic mass is 10.0. The van der Waals surface area contributed by atoms with Crippen LogP contribution in [-0.2, 0) is 0 Å². The Morgan fingerprint density at radius 2 is 2.27 bits per heavy atom. The van der Waals surface area contributed by atoms with Gasteiger partial charge in [0.2, 0.25) is 0 Å². The first-order valence-electron chi connectivity index (χ1n) is 4.00. The first-order valence-corrected chi connectivity index (χ1v) is 4.00. The maximum absolute atomic E-state index is 2.18. The Kier molecular flexibility index (Phi) is 2.91. The van der Waals surface area contributed by atoms with Crippen molar-refractivity contribution < 1.29 is 0 Å². The zero-order valence-electron chi connectivity index (χ0n) is 7.17. The van der Waals surface area contributed by atoms with Gasteiger partial charge in [-0.25, -0.2) is 0 Å². The van der Waals surface area contributed by atoms with Crippen LogP contribution in [0.15, 0.2) is 47.6 Å². The van der Waals surface area contributed by atoms with Gasteiger partial charge in [-0.3, -0.25) is 0 Å². The number of hydrogen-bond donors (Lipinski definition) is 0. The molecule has 0 unspecified atom stereocenters. The molecular formula is C11H14. The Morgan fingerprint density at radius 1 is 1.45 bits per heavy atom. The Labute approximate surface area is 68.6 Å². The molecule has 1 aliphatic carbocycles. The number of rotatable bonds is 1. The minimum atomic E-state index is 1.08. The van der Waals surface area contributed by atoms with Gasteiger partial charge in [0.25, 0.3) is 0 Å². The third-order valence-corrected chi connectivity index (χ3v) is 1.81. The van der Waals surface area contributed by atoms with Crippen molar-refractivity contribution in [3.8, 4) is 0 Å². The zero-order valence-corrected chi connectivity index (χ0v) is 7.17. The molecule has 0 radical (unpaired) electrons. The van der Waals surface area contributed by atoms with E-state index < -0.39 is 0 Å². The van der Waals surface area contributed by atoms with Crippen molar-refractivity contribution in [1.29, 1.82) is 0 Å². The summed E-state index contributed by atoms with van der Waals surface area (Å²) >= 11 is 0. The highest BCUT2D eigenvalue weighted by molar-refractivity contribution is 5.37. The van der Waals surface area contributed by atoms with E-state index in [0.29, 0.717) is 0 Å². The fraction of sp³-hybridized carbons (Fsp3) is 0.273. The zero-order chi connectivity index (χ0) is 8.10. The maximum Gasteiger partial charge on any atom is -0.00917 e. The van der Waals surface area contributed by atoms with Crippen LogP contribution in [0.1, 0.15) is 20.3 Å². The van der Waals surface area contributed by atoms with Gasteiger partial charge in [0.1, 0.15) is 0 Å². The molecule has 1 aliphatic rings. The number of hydrogen-bond acceptors (Lipinski definition) is 0. The minimum absolute atomic E-state index is 1.08. The lowest BCUT2D eigenvalue weighted by Gasteiger charge is -2.04. The molecule has 0 aromatic rings. The summed E-state index contributed by atoms with van der Waals surface area (Å²) in [7, 11) is 0. The molecule has 0 saturated carbocycles. The Morgan fingerprint density at radius 3 is 2.82 bits per heavy atom.